The van der Waals surface area contributed by atoms with Gasteiger partial charge in [-0.3, -0.25) is 9.59 Å². The number of nitrogens with zero attached hydrogens (tertiary/aromatic N) is 2. The maximum Gasteiger partial charge on any atom is 0.264 e. The standard InChI is InChI=1S/C27H32BrFN2O4Si/c1-16-25(36(3,4)29)23(35-27(16)21-12-19(28)9-10-22(21)30(2)26(27)34)13-24(33)31-14-18-8-6-5-7-17(18)11-20(31)15-32/h5-10,12,16,20,23,25,32H,11,13-15H2,1-4H3/t16-,20-,23+,25-,27+/m0/s1. The molecule has 2 aromatic rings. The molecule has 3 aliphatic heterocycles. The van der Waals surface area contributed by atoms with Gasteiger partial charge in [0.25, 0.3) is 5.91 Å². The number of hydrogen-bond donors (Lipinski definition) is 1. The number of carbonyl (C=O) groups is 2. The molecule has 0 saturated carbocycles. The van der Waals surface area contributed by atoms with Crippen LogP contribution in [0.25, 0.3) is 0 Å². The number of aliphatic hydroxyl groups excluding tert-OH is 1. The van der Waals surface area contributed by atoms with Gasteiger partial charge in [-0.1, -0.05) is 47.1 Å². The number of likely N-dealkylation sites (N-methyl/N-ethyl adjacent to an activating group) is 1. The Morgan fingerprint density at radius 3 is 2.61 bits per heavy atom. The molecule has 2 amide bonds. The van der Waals surface area contributed by atoms with E-state index >= 15 is 4.11 Å². The van der Waals surface area contributed by atoms with Crippen molar-refractivity contribution in [3.05, 3.63) is 63.6 Å². The number of hydrogen-bond acceptors (Lipinski definition) is 4. The molecular formula is C27H32BrFN2O4Si. The largest absolute Gasteiger partial charge is 0.394 e. The van der Waals surface area contributed by atoms with E-state index in [1.165, 1.54) is 0 Å². The van der Waals surface area contributed by atoms with Crippen molar-refractivity contribution >= 4 is 41.8 Å². The van der Waals surface area contributed by atoms with Crippen LogP contribution in [0.5, 0.6) is 0 Å². The molecule has 0 unspecified atom stereocenters. The van der Waals surface area contributed by atoms with E-state index in [0.717, 1.165) is 26.9 Å². The van der Waals surface area contributed by atoms with Crippen molar-refractivity contribution in [3.8, 4) is 0 Å². The molecule has 3 aliphatic rings. The molecular weight excluding hydrogens is 543 g/mol. The number of benzene rings is 2. The third-order valence-corrected chi connectivity index (χ3v) is 11.3. The molecule has 6 nitrogen and oxygen atoms in total. The third-order valence-electron chi connectivity index (χ3n) is 8.32. The minimum absolute atomic E-state index is 0.0316. The molecule has 0 bridgehead atoms. The van der Waals surface area contributed by atoms with E-state index in [9.17, 15) is 14.7 Å². The summed E-state index contributed by atoms with van der Waals surface area (Å²) in [7, 11) is -1.65. The number of ether oxygens (including phenoxy) is 1. The van der Waals surface area contributed by atoms with E-state index in [1.54, 1.807) is 29.9 Å². The minimum atomic E-state index is -3.36. The van der Waals surface area contributed by atoms with E-state index in [0.29, 0.717) is 13.0 Å². The highest BCUT2D eigenvalue weighted by molar-refractivity contribution is 9.10. The van der Waals surface area contributed by atoms with E-state index in [2.05, 4.69) is 15.9 Å². The molecule has 0 aliphatic carbocycles. The first kappa shape index (κ1) is 25.6. The van der Waals surface area contributed by atoms with Gasteiger partial charge in [0.1, 0.15) is 0 Å². The molecule has 36 heavy (non-hydrogen) atoms. The molecule has 1 saturated heterocycles. The number of carbonyl (C=O) groups excluding carboxylic acids is 2. The number of fused-ring (bicyclic) bond motifs is 3. The summed E-state index contributed by atoms with van der Waals surface area (Å²) >= 11 is 3.51. The molecule has 1 N–H and O–H groups in total. The van der Waals surface area contributed by atoms with Gasteiger partial charge in [0, 0.05) is 35.1 Å². The van der Waals surface area contributed by atoms with E-state index in [4.69, 9.17) is 4.74 Å². The molecule has 3 heterocycles. The second-order valence-electron chi connectivity index (χ2n) is 10.8. The van der Waals surface area contributed by atoms with Crippen LogP contribution in [0.4, 0.5) is 9.80 Å². The van der Waals surface area contributed by atoms with Crippen molar-refractivity contribution in [1.82, 2.24) is 4.90 Å². The fourth-order valence-electron chi connectivity index (χ4n) is 6.66. The lowest BCUT2D eigenvalue weighted by Gasteiger charge is -2.37. The summed E-state index contributed by atoms with van der Waals surface area (Å²) in [5, 5.41) is 10.1. The number of anilines is 1. The summed E-state index contributed by atoms with van der Waals surface area (Å²) in [6.07, 6.45) is -0.198. The number of rotatable bonds is 4. The van der Waals surface area contributed by atoms with E-state index in [-0.39, 0.29) is 30.9 Å². The van der Waals surface area contributed by atoms with Gasteiger partial charge in [-0.2, -0.15) is 0 Å². The van der Waals surface area contributed by atoms with Crippen LogP contribution in [0.2, 0.25) is 18.6 Å². The van der Waals surface area contributed by atoms with Crippen LogP contribution in [-0.4, -0.2) is 56.0 Å². The van der Waals surface area contributed by atoms with Crippen molar-refractivity contribution < 1.29 is 23.5 Å². The predicted molar refractivity (Wildman–Crippen MR) is 142 cm³/mol. The maximum atomic E-state index is 15.9. The fourth-order valence-corrected chi connectivity index (χ4v) is 9.51. The number of amides is 2. The Kier molecular flexibility index (Phi) is 6.42. The SMILES string of the molecule is C[C@H]1[C@H]([Si](C)(C)F)[C@@H](CC(=O)N2Cc3ccccc3C[C@H]2CO)O[C@]12C(=O)N(C)c1ccc(Br)cc12. The Labute approximate surface area is 220 Å². The van der Waals surface area contributed by atoms with Crippen molar-refractivity contribution in [2.75, 3.05) is 18.6 Å². The van der Waals surface area contributed by atoms with Crippen molar-refractivity contribution in [2.45, 2.75) is 62.7 Å². The Morgan fingerprint density at radius 2 is 1.94 bits per heavy atom. The topological polar surface area (TPSA) is 70.1 Å². The lowest BCUT2D eigenvalue weighted by molar-refractivity contribution is -0.150. The average Bonchev–Trinajstić information content (AvgIpc) is 3.24. The normalized spacial score (nSPS) is 29.6. The lowest BCUT2D eigenvalue weighted by Crippen LogP contribution is -2.48. The summed E-state index contributed by atoms with van der Waals surface area (Å²) in [6, 6.07) is 13.2. The molecule has 1 spiro atoms. The van der Waals surface area contributed by atoms with Crippen molar-refractivity contribution in [1.29, 1.82) is 0 Å². The zero-order chi connectivity index (χ0) is 26.0. The molecule has 9 heteroatoms. The van der Waals surface area contributed by atoms with E-state index < -0.39 is 31.6 Å². The Bertz CT molecular complexity index is 1220. The number of aliphatic hydroxyl groups is 1. The number of halogens is 2. The van der Waals surface area contributed by atoms with Crippen LogP contribution in [0, 0.1) is 5.92 Å². The first-order valence-electron chi connectivity index (χ1n) is 12.4. The smallest absolute Gasteiger partial charge is 0.264 e. The Hall–Kier alpha value is -2.07. The summed E-state index contributed by atoms with van der Waals surface area (Å²) in [4.78, 5) is 30.7. The Morgan fingerprint density at radius 1 is 1.25 bits per heavy atom. The van der Waals surface area contributed by atoms with Gasteiger partial charge in [0.2, 0.25) is 14.3 Å². The molecule has 5 rings (SSSR count). The van der Waals surface area contributed by atoms with Gasteiger partial charge >= 0.3 is 0 Å². The van der Waals surface area contributed by atoms with Gasteiger partial charge in [0.15, 0.2) is 5.60 Å². The predicted octanol–water partition coefficient (Wildman–Crippen LogP) is 4.54. The second-order valence-corrected chi connectivity index (χ2v) is 15.5. The van der Waals surface area contributed by atoms with Crippen LogP contribution < -0.4 is 4.90 Å². The summed E-state index contributed by atoms with van der Waals surface area (Å²) in [5.74, 6) is -0.848. The van der Waals surface area contributed by atoms with Crippen molar-refractivity contribution in [3.63, 3.8) is 0 Å². The first-order valence-corrected chi connectivity index (χ1v) is 16.2. The van der Waals surface area contributed by atoms with Crippen LogP contribution >= 0.6 is 15.9 Å². The zero-order valence-corrected chi connectivity index (χ0v) is 23.6. The van der Waals surface area contributed by atoms with Crippen LogP contribution in [-0.2, 0) is 32.9 Å². The van der Waals surface area contributed by atoms with E-state index in [1.807, 2.05) is 49.4 Å². The third kappa shape index (κ3) is 3.86. The van der Waals surface area contributed by atoms with Gasteiger partial charge < -0.3 is 23.8 Å². The molecule has 0 aromatic heterocycles. The molecule has 192 valence electrons. The maximum absolute atomic E-state index is 15.9. The second kappa shape index (κ2) is 9.04. The summed E-state index contributed by atoms with van der Waals surface area (Å²) in [5.41, 5.74) is 1.76. The lowest BCUT2D eigenvalue weighted by atomic mass is 9.82. The fraction of sp³-hybridized carbons (Fsp3) is 0.481. The minimum Gasteiger partial charge on any atom is -0.394 e. The Balaban J connectivity index is 1.49. The van der Waals surface area contributed by atoms with Gasteiger partial charge in [-0.25, -0.2) is 0 Å². The van der Waals surface area contributed by atoms with Crippen LogP contribution in [0.3, 0.4) is 0 Å². The van der Waals surface area contributed by atoms with Crippen molar-refractivity contribution in [2.24, 2.45) is 5.92 Å². The van der Waals surface area contributed by atoms with Gasteiger partial charge in [0.05, 0.1) is 30.9 Å². The average molecular weight is 576 g/mol. The summed E-state index contributed by atoms with van der Waals surface area (Å²) < 4.78 is 23.3. The van der Waals surface area contributed by atoms with Crippen LogP contribution in [0.15, 0.2) is 46.9 Å². The quantitative estimate of drug-likeness (QED) is 0.430. The molecule has 1 fully saturated rings. The molecule has 0 radical (unpaired) electrons. The monoisotopic (exact) mass is 574 g/mol. The molecule has 5 atom stereocenters. The highest BCUT2D eigenvalue weighted by Crippen LogP contribution is 2.60. The van der Waals surface area contributed by atoms with Crippen LogP contribution in [0.1, 0.15) is 30.0 Å². The zero-order valence-electron chi connectivity index (χ0n) is 21.0. The van der Waals surface area contributed by atoms with Gasteiger partial charge in [-0.05, 0) is 48.8 Å². The summed E-state index contributed by atoms with van der Waals surface area (Å²) in [6.45, 7) is 5.40. The molecule has 2 aromatic carbocycles. The highest BCUT2D eigenvalue weighted by atomic mass is 79.9. The highest BCUT2D eigenvalue weighted by Gasteiger charge is 2.66. The first-order chi connectivity index (χ1) is 17.0. The van der Waals surface area contributed by atoms with Gasteiger partial charge in [-0.15, -0.1) is 0 Å².